The predicted molar refractivity (Wildman–Crippen MR) is 172 cm³/mol. The zero-order valence-corrected chi connectivity index (χ0v) is 29.1. The Labute approximate surface area is 264 Å². The van der Waals surface area contributed by atoms with Gasteiger partial charge in [0.05, 0.1) is 0 Å². The van der Waals surface area contributed by atoms with E-state index < -0.39 is 0 Å². The first-order valence-corrected chi connectivity index (χ1v) is 13.8. The van der Waals surface area contributed by atoms with Gasteiger partial charge in [0, 0.05) is 0 Å². The fraction of sp³-hybridized carbons (Fsp3) is 0.282. The maximum Gasteiger partial charge on any atom is 4.00 e. The Morgan fingerprint density at radius 2 is 1.50 bits per heavy atom. The van der Waals surface area contributed by atoms with E-state index >= 15 is 0 Å². The summed E-state index contributed by atoms with van der Waals surface area (Å²) in [5, 5.41) is 0. The van der Waals surface area contributed by atoms with Crippen molar-refractivity contribution in [1.82, 2.24) is 0 Å². The fourth-order valence-electron chi connectivity index (χ4n) is 4.03. The van der Waals surface area contributed by atoms with E-state index in [0.29, 0.717) is 0 Å². The maximum absolute atomic E-state index is 3.72. The van der Waals surface area contributed by atoms with E-state index in [2.05, 4.69) is 104 Å². The molecule has 1 heteroatoms. The van der Waals surface area contributed by atoms with Crippen LogP contribution in [0.4, 0.5) is 0 Å². The Morgan fingerprint density at radius 1 is 0.875 bits per heavy atom. The van der Waals surface area contributed by atoms with E-state index in [4.69, 9.17) is 0 Å². The first-order valence-electron chi connectivity index (χ1n) is 13.8. The van der Waals surface area contributed by atoms with Gasteiger partial charge in [-0.25, -0.2) is 12.1 Å². The van der Waals surface area contributed by atoms with Crippen LogP contribution in [0, 0.1) is 19.1 Å². The number of allylic oxidation sites excluding steroid dienone is 2. The number of benzene rings is 3. The molecular weight excluding hydrogens is 647 g/mol. The van der Waals surface area contributed by atoms with Crippen LogP contribution in [0.2, 0.25) is 0 Å². The van der Waals surface area contributed by atoms with Crippen LogP contribution in [0.1, 0.15) is 82.2 Å². The Kier molecular flexibility index (Phi) is 15.1. The Hall–Kier alpha value is -2.77. The van der Waals surface area contributed by atoms with E-state index in [0.717, 1.165) is 24.8 Å². The van der Waals surface area contributed by atoms with Crippen LogP contribution < -0.4 is 0 Å². The summed E-state index contributed by atoms with van der Waals surface area (Å²) in [6.07, 6.45) is 7.57. The van der Waals surface area contributed by atoms with Gasteiger partial charge in [-0.15, -0.1) is 29.8 Å². The molecule has 1 aliphatic carbocycles. The summed E-state index contributed by atoms with van der Waals surface area (Å²) in [5.74, 6) is 0. The molecule has 0 N–H and O–H groups in total. The zero-order valence-electron chi connectivity index (χ0n) is 25.5. The minimum Gasteiger partial charge on any atom is -0.504 e. The second kappa shape index (κ2) is 17.1. The molecule has 0 unspecified atom stereocenters. The van der Waals surface area contributed by atoms with Gasteiger partial charge in [-0.05, 0) is 28.4 Å². The van der Waals surface area contributed by atoms with E-state index in [9.17, 15) is 0 Å². The van der Waals surface area contributed by atoms with E-state index in [1.165, 1.54) is 33.4 Å². The third-order valence-electron chi connectivity index (χ3n) is 6.39. The van der Waals surface area contributed by atoms with Crippen molar-refractivity contribution in [2.75, 3.05) is 0 Å². The minimum atomic E-state index is 0. The van der Waals surface area contributed by atoms with Crippen molar-refractivity contribution in [2.24, 2.45) is 0 Å². The van der Waals surface area contributed by atoms with Gasteiger partial charge in [-0.1, -0.05) is 83.9 Å². The topological polar surface area (TPSA) is 0 Å². The standard InChI is InChI=1S/C21H25.C7H7.C6H9.C5H5.Hf/c1-20(2,3)16-7-9-18-14(12-16)11-15-13-17(21(4,5)6)8-10-19(15)18;1-7-5-3-2-4-6-7;1-3-5-6-4-2;1-2-4-5-3-1;/h7-10,12H,11H2,1-6H3;2-6H,1H2;3H,1-2,5-6H2;1-5H;/q4*-1;+4. The molecule has 0 saturated carbocycles. The first kappa shape index (κ1) is 35.3. The van der Waals surface area contributed by atoms with Gasteiger partial charge in [-0.2, -0.15) is 73.0 Å². The van der Waals surface area contributed by atoms with Gasteiger partial charge in [0.2, 0.25) is 0 Å². The van der Waals surface area contributed by atoms with Crippen molar-refractivity contribution < 1.29 is 25.8 Å². The molecule has 4 aromatic carbocycles. The van der Waals surface area contributed by atoms with Gasteiger partial charge >= 0.3 is 25.8 Å². The van der Waals surface area contributed by atoms with Gasteiger partial charge < -0.3 is 6.08 Å². The first-order chi connectivity index (χ1) is 18.5. The number of hydrogen-bond acceptors (Lipinski definition) is 0. The largest absolute Gasteiger partial charge is 4.00 e. The molecule has 0 atom stereocenters. The van der Waals surface area contributed by atoms with E-state index in [1.54, 1.807) is 0 Å². The monoisotopic (exact) mass is 694 g/mol. The zero-order chi connectivity index (χ0) is 28.9. The molecule has 0 fully saturated rings. The average molecular weight is 693 g/mol. The smallest absolute Gasteiger partial charge is 0.504 e. The summed E-state index contributed by atoms with van der Waals surface area (Å²) in [6.45, 7) is 24.3. The predicted octanol–water partition coefficient (Wildman–Crippen LogP) is 10.9. The Balaban J connectivity index is 0.000000343. The van der Waals surface area contributed by atoms with Crippen molar-refractivity contribution in [3.8, 4) is 11.1 Å². The molecule has 0 bridgehead atoms. The van der Waals surface area contributed by atoms with Gasteiger partial charge in [0.25, 0.3) is 0 Å². The van der Waals surface area contributed by atoms with Crippen LogP contribution in [0.15, 0.2) is 110 Å². The summed E-state index contributed by atoms with van der Waals surface area (Å²) in [6, 6.07) is 35.0. The van der Waals surface area contributed by atoms with Crippen molar-refractivity contribution in [1.29, 1.82) is 0 Å². The van der Waals surface area contributed by atoms with Crippen LogP contribution in [0.25, 0.3) is 11.1 Å². The molecule has 5 rings (SSSR count). The second-order valence-electron chi connectivity index (χ2n) is 11.8. The molecule has 0 saturated heterocycles. The average Bonchev–Trinajstić information content (AvgIpc) is 3.59. The normalized spacial score (nSPS) is 10.9. The van der Waals surface area contributed by atoms with Crippen molar-refractivity contribution in [2.45, 2.75) is 71.6 Å². The number of hydrogen-bond donors (Lipinski definition) is 0. The quantitative estimate of drug-likeness (QED) is 0.0764. The van der Waals surface area contributed by atoms with E-state index in [1.807, 2.05) is 66.7 Å². The minimum absolute atomic E-state index is 0. The summed E-state index contributed by atoms with van der Waals surface area (Å²) in [4.78, 5) is 0. The summed E-state index contributed by atoms with van der Waals surface area (Å²) >= 11 is 0. The Morgan fingerprint density at radius 3 is 1.93 bits per heavy atom. The van der Waals surface area contributed by atoms with Crippen LogP contribution in [-0.2, 0) is 43.1 Å². The molecule has 0 aromatic heterocycles. The number of unbranched alkanes of at least 4 members (excludes halogenated alkanes) is 1. The van der Waals surface area contributed by atoms with Crippen LogP contribution >= 0.6 is 0 Å². The van der Waals surface area contributed by atoms with Crippen LogP contribution in [0.3, 0.4) is 0 Å². The van der Waals surface area contributed by atoms with E-state index in [-0.39, 0.29) is 36.7 Å². The Bertz CT molecular complexity index is 1180. The number of fused-ring (bicyclic) bond motifs is 3. The number of rotatable bonds is 3. The molecule has 4 aromatic rings. The molecule has 40 heavy (non-hydrogen) atoms. The fourth-order valence-corrected chi connectivity index (χ4v) is 4.03. The van der Waals surface area contributed by atoms with Crippen molar-refractivity contribution in [3.63, 3.8) is 0 Å². The third kappa shape index (κ3) is 11.8. The van der Waals surface area contributed by atoms with Gasteiger partial charge in [-0.3, -0.25) is 6.58 Å². The maximum atomic E-state index is 3.72. The molecule has 0 radical (unpaired) electrons. The molecule has 0 amide bonds. The van der Waals surface area contributed by atoms with Gasteiger partial charge in [0.15, 0.2) is 0 Å². The SMILES string of the molecule is C=[C-]CCC=C.CC(C)(C)c1[c-]c2c(cc1)-c1ccc(C(C)(C)C)cc1C2.[CH2-]c1ccccc1.[Hf+4].c1cc[cH-]c1. The molecule has 0 aliphatic heterocycles. The van der Waals surface area contributed by atoms with Crippen molar-refractivity contribution in [3.05, 3.63) is 157 Å². The van der Waals surface area contributed by atoms with Gasteiger partial charge in [0.1, 0.15) is 0 Å². The third-order valence-corrected chi connectivity index (χ3v) is 6.39. The summed E-state index contributed by atoms with van der Waals surface area (Å²) in [7, 11) is 0. The van der Waals surface area contributed by atoms with Crippen LogP contribution in [-0.4, -0.2) is 0 Å². The molecular formula is C39H46Hf. The van der Waals surface area contributed by atoms with Crippen molar-refractivity contribution >= 4 is 0 Å². The summed E-state index contributed by atoms with van der Waals surface area (Å²) in [5.41, 5.74) is 9.78. The molecule has 1 aliphatic rings. The second-order valence-corrected chi connectivity index (χ2v) is 11.8. The van der Waals surface area contributed by atoms with Crippen LogP contribution in [0.5, 0.6) is 0 Å². The molecule has 0 heterocycles. The summed E-state index contributed by atoms with van der Waals surface area (Å²) < 4.78 is 0. The molecule has 0 spiro atoms. The molecule has 206 valence electrons. The molecule has 0 nitrogen and oxygen atoms in total.